The van der Waals surface area contributed by atoms with Crippen molar-refractivity contribution in [2.75, 3.05) is 0 Å². The Morgan fingerprint density at radius 2 is 1.00 bits per heavy atom. The predicted octanol–water partition coefficient (Wildman–Crippen LogP) is 12.5. The summed E-state index contributed by atoms with van der Waals surface area (Å²) in [5.41, 5.74) is 10.2. The van der Waals surface area contributed by atoms with Crippen LogP contribution in [0, 0.1) is 0 Å². The first-order chi connectivity index (χ1) is 24.2. The maximum Gasteiger partial charge on any atom is 0.227 e. The Morgan fingerprint density at radius 1 is 0.347 bits per heavy atom. The molecule has 0 aliphatic rings. The van der Waals surface area contributed by atoms with Crippen LogP contribution >= 0.6 is 0 Å². The molecule has 0 unspecified atom stereocenters. The molecular formula is C46H28N2O. The quantitative estimate of drug-likeness (QED) is 0.183. The third kappa shape index (κ3) is 4.67. The standard InChI is InChI=1S/C46H28N2O/c1-2-10-32-25-35(22-17-29(32)9-1)44-28-40(30-18-20-31(21-19-30)46-48-43-15-7-8-16-45(43)49-46)41-27-34(23-24-42(41)47-44)39-26-33-11-3-4-12-36(33)37-13-5-6-14-38(37)39/h1-28H. The largest absolute Gasteiger partial charge is 0.436 e. The molecular weight excluding hydrogens is 597 g/mol. The zero-order chi connectivity index (χ0) is 32.3. The second kappa shape index (κ2) is 11.0. The van der Waals surface area contributed by atoms with Gasteiger partial charge in [-0.25, -0.2) is 9.97 Å². The van der Waals surface area contributed by atoms with Gasteiger partial charge in [0.05, 0.1) is 11.2 Å². The number of aromatic nitrogens is 2. The van der Waals surface area contributed by atoms with E-state index in [1.54, 1.807) is 0 Å². The van der Waals surface area contributed by atoms with Gasteiger partial charge in [-0.2, -0.15) is 0 Å². The fourth-order valence-corrected chi connectivity index (χ4v) is 7.21. The molecule has 10 rings (SSSR count). The number of fused-ring (bicyclic) bond motifs is 6. The number of rotatable bonds is 4. The van der Waals surface area contributed by atoms with E-state index in [1.165, 1.54) is 43.4 Å². The molecule has 0 fully saturated rings. The smallest absolute Gasteiger partial charge is 0.227 e. The molecule has 3 nitrogen and oxygen atoms in total. The van der Waals surface area contributed by atoms with Gasteiger partial charge in [0.2, 0.25) is 5.89 Å². The fourth-order valence-electron chi connectivity index (χ4n) is 7.21. The summed E-state index contributed by atoms with van der Waals surface area (Å²) in [6.07, 6.45) is 0. The molecule has 0 N–H and O–H groups in total. The van der Waals surface area contributed by atoms with Gasteiger partial charge in [-0.1, -0.05) is 115 Å². The first-order valence-corrected chi connectivity index (χ1v) is 16.6. The van der Waals surface area contributed by atoms with Crippen LogP contribution in [-0.2, 0) is 0 Å². The number of hydrogen-bond donors (Lipinski definition) is 0. The SMILES string of the molecule is c1ccc2cc(-c3cc(-c4ccc(-c5nc6ccccc6o5)cc4)c4cc(-c5cc6ccccc6c6ccccc56)ccc4n3)ccc2c1. The molecule has 0 atom stereocenters. The van der Waals surface area contributed by atoms with Crippen LogP contribution in [0.2, 0.25) is 0 Å². The Hall–Kier alpha value is -6.58. The average Bonchev–Trinajstić information content (AvgIpc) is 3.61. The van der Waals surface area contributed by atoms with Crippen molar-refractivity contribution in [3.05, 3.63) is 170 Å². The topological polar surface area (TPSA) is 38.9 Å². The van der Waals surface area contributed by atoms with Crippen LogP contribution in [0.1, 0.15) is 0 Å². The van der Waals surface area contributed by atoms with E-state index in [0.29, 0.717) is 5.89 Å². The maximum absolute atomic E-state index is 6.09. The first kappa shape index (κ1) is 27.5. The molecule has 49 heavy (non-hydrogen) atoms. The summed E-state index contributed by atoms with van der Waals surface area (Å²) < 4.78 is 6.09. The van der Waals surface area contributed by atoms with E-state index in [9.17, 15) is 0 Å². The average molecular weight is 625 g/mol. The van der Waals surface area contributed by atoms with Crippen molar-refractivity contribution < 1.29 is 4.42 Å². The molecule has 2 heterocycles. The predicted molar refractivity (Wildman–Crippen MR) is 204 cm³/mol. The van der Waals surface area contributed by atoms with Gasteiger partial charge >= 0.3 is 0 Å². The van der Waals surface area contributed by atoms with E-state index in [-0.39, 0.29) is 0 Å². The first-order valence-electron chi connectivity index (χ1n) is 16.6. The number of pyridine rings is 1. The molecule has 228 valence electrons. The second-order valence-corrected chi connectivity index (χ2v) is 12.6. The molecule has 3 heteroatoms. The van der Waals surface area contributed by atoms with Gasteiger partial charge in [-0.15, -0.1) is 0 Å². The molecule has 0 aliphatic carbocycles. The lowest BCUT2D eigenvalue weighted by Gasteiger charge is -2.15. The van der Waals surface area contributed by atoms with Crippen LogP contribution < -0.4 is 0 Å². The van der Waals surface area contributed by atoms with E-state index in [2.05, 4.69) is 146 Å². The van der Waals surface area contributed by atoms with Crippen LogP contribution in [0.5, 0.6) is 0 Å². The maximum atomic E-state index is 6.09. The molecule has 0 amide bonds. The zero-order valence-electron chi connectivity index (χ0n) is 26.5. The molecule has 0 saturated heterocycles. The number of nitrogens with zero attached hydrogens (tertiary/aromatic N) is 2. The van der Waals surface area contributed by atoms with Crippen molar-refractivity contribution in [2.24, 2.45) is 0 Å². The number of hydrogen-bond acceptors (Lipinski definition) is 3. The van der Waals surface area contributed by atoms with Gasteiger partial charge in [0.25, 0.3) is 0 Å². The number of para-hydroxylation sites is 2. The summed E-state index contributed by atoms with van der Waals surface area (Å²) in [4.78, 5) is 9.98. The summed E-state index contributed by atoms with van der Waals surface area (Å²) in [6.45, 7) is 0. The Kier molecular flexibility index (Phi) is 6.18. The zero-order valence-corrected chi connectivity index (χ0v) is 26.5. The minimum absolute atomic E-state index is 0.620. The van der Waals surface area contributed by atoms with Crippen LogP contribution in [-0.4, -0.2) is 9.97 Å². The minimum atomic E-state index is 0.620. The van der Waals surface area contributed by atoms with Gasteiger partial charge in [0.1, 0.15) is 5.52 Å². The summed E-state index contributed by atoms with van der Waals surface area (Å²) >= 11 is 0. The lowest BCUT2D eigenvalue weighted by Crippen LogP contribution is -1.92. The normalized spacial score (nSPS) is 11.7. The molecule has 8 aromatic carbocycles. The Balaban J connectivity index is 1.17. The third-order valence-corrected chi connectivity index (χ3v) is 9.67. The van der Waals surface area contributed by atoms with Gasteiger partial charge in [0.15, 0.2) is 5.58 Å². The summed E-state index contributed by atoms with van der Waals surface area (Å²) in [7, 11) is 0. The molecule has 0 bridgehead atoms. The van der Waals surface area contributed by atoms with Crippen molar-refractivity contribution in [1.82, 2.24) is 9.97 Å². The Bertz CT molecular complexity index is 2850. The van der Waals surface area contributed by atoms with Gasteiger partial charge in [0, 0.05) is 16.5 Å². The highest BCUT2D eigenvalue weighted by molar-refractivity contribution is 6.14. The second-order valence-electron chi connectivity index (χ2n) is 12.6. The van der Waals surface area contributed by atoms with E-state index >= 15 is 0 Å². The minimum Gasteiger partial charge on any atom is -0.436 e. The van der Waals surface area contributed by atoms with Gasteiger partial charge < -0.3 is 4.42 Å². The summed E-state index contributed by atoms with van der Waals surface area (Å²) in [5.74, 6) is 0.620. The van der Waals surface area contributed by atoms with E-state index < -0.39 is 0 Å². The highest BCUT2D eigenvalue weighted by Gasteiger charge is 2.15. The van der Waals surface area contributed by atoms with Crippen molar-refractivity contribution >= 4 is 54.3 Å². The molecule has 2 aromatic heterocycles. The van der Waals surface area contributed by atoms with E-state index in [1.807, 2.05) is 24.3 Å². The van der Waals surface area contributed by atoms with Crippen LogP contribution in [0.25, 0.3) is 99.3 Å². The fraction of sp³-hybridized carbons (Fsp3) is 0. The third-order valence-electron chi connectivity index (χ3n) is 9.67. The molecule has 10 aromatic rings. The Labute approximate surface area is 282 Å². The van der Waals surface area contributed by atoms with Crippen molar-refractivity contribution in [3.8, 4) is 45.0 Å². The summed E-state index contributed by atoms with van der Waals surface area (Å²) in [6, 6.07) is 60.1. The van der Waals surface area contributed by atoms with Gasteiger partial charge in [-0.05, 0) is 109 Å². The molecule has 0 spiro atoms. The molecule has 0 aliphatic heterocycles. The Morgan fingerprint density at radius 3 is 1.86 bits per heavy atom. The summed E-state index contributed by atoms with van der Waals surface area (Å²) in [5, 5.41) is 8.52. The molecule has 0 radical (unpaired) electrons. The number of oxazole rings is 1. The highest BCUT2D eigenvalue weighted by Crippen LogP contribution is 2.39. The van der Waals surface area contributed by atoms with E-state index in [0.717, 1.165) is 50.0 Å². The van der Waals surface area contributed by atoms with Gasteiger partial charge in [-0.3, -0.25) is 0 Å². The van der Waals surface area contributed by atoms with Crippen molar-refractivity contribution in [3.63, 3.8) is 0 Å². The number of benzene rings is 8. The van der Waals surface area contributed by atoms with Crippen LogP contribution in [0.4, 0.5) is 0 Å². The lowest BCUT2D eigenvalue weighted by atomic mass is 9.91. The van der Waals surface area contributed by atoms with Crippen LogP contribution in [0.15, 0.2) is 174 Å². The lowest BCUT2D eigenvalue weighted by molar-refractivity contribution is 0.620. The van der Waals surface area contributed by atoms with Crippen molar-refractivity contribution in [2.45, 2.75) is 0 Å². The monoisotopic (exact) mass is 624 g/mol. The van der Waals surface area contributed by atoms with Crippen LogP contribution in [0.3, 0.4) is 0 Å². The van der Waals surface area contributed by atoms with Crippen molar-refractivity contribution in [1.29, 1.82) is 0 Å². The molecule has 0 saturated carbocycles. The highest BCUT2D eigenvalue weighted by atomic mass is 16.3. The van der Waals surface area contributed by atoms with E-state index in [4.69, 9.17) is 14.4 Å².